The number of nitrogens with zero attached hydrogens (tertiary/aromatic N) is 4. The van der Waals surface area contributed by atoms with E-state index in [-0.39, 0.29) is 30.7 Å². The van der Waals surface area contributed by atoms with Crippen LogP contribution in [0.1, 0.15) is 54.7 Å². The van der Waals surface area contributed by atoms with Gasteiger partial charge in [-0.2, -0.15) is 5.26 Å². The number of hydrogen-bond acceptors (Lipinski definition) is 7. The van der Waals surface area contributed by atoms with E-state index in [1.54, 1.807) is 11.3 Å². The molecule has 0 radical (unpaired) electrons. The summed E-state index contributed by atoms with van der Waals surface area (Å²) in [6.45, 7) is 4.93. The minimum Gasteiger partial charge on any atom is -0.366 e. The number of aromatic nitrogens is 1. The van der Waals surface area contributed by atoms with E-state index in [1.165, 1.54) is 16.2 Å². The Morgan fingerprint density at radius 1 is 1.17 bits per heavy atom. The Kier molecular flexibility index (Phi) is 5.54. The molecule has 2 atom stereocenters. The maximum Gasteiger partial charge on any atom is 0.230 e. The molecule has 5 heterocycles. The van der Waals surface area contributed by atoms with Gasteiger partial charge in [0.05, 0.1) is 27.9 Å². The van der Waals surface area contributed by atoms with Crippen LogP contribution in [0, 0.1) is 11.3 Å². The number of nitrogens with one attached hydrogen (secondary N) is 1. The van der Waals surface area contributed by atoms with E-state index < -0.39 is 0 Å². The summed E-state index contributed by atoms with van der Waals surface area (Å²) in [5, 5.41) is 13.3. The first kappa shape index (κ1) is 22.2. The van der Waals surface area contributed by atoms with Crippen LogP contribution < -0.4 is 10.2 Å². The molecule has 0 unspecified atom stereocenters. The summed E-state index contributed by atoms with van der Waals surface area (Å²) in [6.07, 6.45) is 5.56. The second-order valence-electron chi connectivity index (χ2n) is 9.64. The van der Waals surface area contributed by atoms with Crippen LogP contribution in [0.5, 0.6) is 0 Å². The molecule has 0 bridgehead atoms. The van der Waals surface area contributed by atoms with E-state index >= 15 is 0 Å². The summed E-state index contributed by atoms with van der Waals surface area (Å²) in [5.41, 5.74) is 6.14. The van der Waals surface area contributed by atoms with Crippen molar-refractivity contribution in [2.75, 3.05) is 24.5 Å². The minimum atomic E-state index is -0.315. The van der Waals surface area contributed by atoms with E-state index in [0.717, 1.165) is 65.1 Å². The first-order valence-corrected chi connectivity index (χ1v) is 13.1. The van der Waals surface area contributed by atoms with Gasteiger partial charge >= 0.3 is 0 Å². The molecule has 0 aliphatic carbocycles. The van der Waals surface area contributed by atoms with Crippen molar-refractivity contribution < 1.29 is 9.59 Å². The molecule has 3 aliphatic heterocycles. The van der Waals surface area contributed by atoms with Gasteiger partial charge in [0.1, 0.15) is 0 Å². The number of pyridine rings is 1. The number of amides is 2. The van der Waals surface area contributed by atoms with Crippen molar-refractivity contribution in [3.63, 3.8) is 0 Å². The van der Waals surface area contributed by atoms with Crippen molar-refractivity contribution in [3.8, 4) is 17.2 Å². The second kappa shape index (κ2) is 8.74. The summed E-state index contributed by atoms with van der Waals surface area (Å²) >= 11 is 1.59. The molecular weight excluding hydrogens is 458 g/mol. The van der Waals surface area contributed by atoms with Crippen molar-refractivity contribution in [1.29, 1.82) is 5.26 Å². The van der Waals surface area contributed by atoms with Gasteiger partial charge in [0.25, 0.3) is 0 Å². The van der Waals surface area contributed by atoms with Gasteiger partial charge in [-0.3, -0.25) is 19.5 Å². The lowest BCUT2D eigenvalue weighted by molar-refractivity contribution is -0.140. The number of hydrogen-bond donors (Lipinski definition) is 1. The summed E-state index contributed by atoms with van der Waals surface area (Å²) in [7, 11) is 0. The van der Waals surface area contributed by atoms with E-state index in [4.69, 9.17) is 0 Å². The van der Waals surface area contributed by atoms with Gasteiger partial charge < -0.3 is 10.2 Å². The zero-order valence-electron chi connectivity index (χ0n) is 19.7. The fraction of sp³-hybridized carbons (Fsp3) is 0.407. The van der Waals surface area contributed by atoms with Gasteiger partial charge in [-0.25, -0.2) is 0 Å². The number of anilines is 1. The lowest BCUT2D eigenvalue weighted by Crippen LogP contribution is -2.40. The zero-order chi connectivity index (χ0) is 24.1. The van der Waals surface area contributed by atoms with Gasteiger partial charge in [0.2, 0.25) is 11.8 Å². The third-order valence-electron chi connectivity index (χ3n) is 7.54. The highest BCUT2D eigenvalue weighted by atomic mass is 32.1. The summed E-state index contributed by atoms with van der Waals surface area (Å²) in [4.78, 5) is 34.2. The van der Waals surface area contributed by atoms with E-state index in [0.29, 0.717) is 11.6 Å². The third-order valence-corrected chi connectivity index (χ3v) is 8.86. The van der Waals surface area contributed by atoms with E-state index in [1.807, 2.05) is 31.3 Å². The van der Waals surface area contributed by atoms with Gasteiger partial charge in [-0.1, -0.05) is 0 Å². The first-order chi connectivity index (χ1) is 17.0. The molecule has 7 nitrogen and oxygen atoms in total. The molecule has 0 spiro atoms. The molecule has 1 N–H and O–H groups in total. The quantitative estimate of drug-likeness (QED) is 0.558. The Morgan fingerprint density at radius 2 is 2.00 bits per heavy atom. The second-order valence-corrected chi connectivity index (χ2v) is 10.7. The third kappa shape index (κ3) is 3.70. The average Bonchev–Trinajstić information content (AvgIpc) is 3.62. The highest BCUT2D eigenvalue weighted by Crippen LogP contribution is 2.45. The van der Waals surface area contributed by atoms with Crippen LogP contribution in [-0.4, -0.2) is 47.4 Å². The van der Waals surface area contributed by atoms with Crippen LogP contribution >= 0.6 is 11.3 Å². The number of carbonyl (C=O) groups excluding carboxylic acids is 2. The minimum absolute atomic E-state index is 0.107. The SMILES string of the molecule is C[C@H](c1cc2nccc(-c3cc(C#N)cc4c3N([C@H]3CCNC3)CCC4)c2s1)N1C(=O)CCC1=O. The van der Waals surface area contributed by atoms with Crippen LogP contribution in [0.3, 0.4) is 0 Å². The molecule has 1 aromatic carbocycles. The standard InChI is InChI=1S/C27H27N5O2S/c1-16(32-24(33)4-5-25(32)34)23-13-22-27(35-23)20(7-9-30-22)21-12-17(14-28)11-18-3-2-10-31(26(18)21)19-6-8-29-15-19/h7,9,11-13,16,19,29H,2-6,8,10,15H2,1H3/t16-,19+/m1/s1. The van der Waals surface area contributed by atoms with Crippen LogP contribution in [0.2, 0.25) is 0 Å². The summed E-state index contributed by atoms with van der Waals surface area (Å²) in [6, 6.07) is 10.6. The molecule has 3 aromatic rings. The number of carbonyl (C=O) groups is 2. The number of thiophene rings is 1. The Balaban J connectivity index is 1.50. The van der Waals surface area contributed by atoms with Crippen molar-refractivity contribution in [2.45, 2.75) is 51.1 Å². The van der Waals surface area contributed by atoms with E-state index in [9.17, 15) is 14.9 Å². The molecule has 178 valence electrons. The molecular formula is C27H27N5O2S. The number of fused-ring (bicyclic) bond motifs is 2. The molecule has 3 aliphatic rings. The van der Waals surface area contributed by atoms with Gasteiger partial charge in [0.15, 0.2) is 0 Å². The number of aryl methyl sites for hydroxylation is 1. The highest BCUT2D eigenvalue weighted by molar-refractivity contribution is 7.19. The normalized spacial score (nSPS) is 21.0. The number of benzene rings is 1. The smallest absolute Gasteiger partial charge is 0.230 e. The Hall–Kier alpha value is -3.28. The topological polar surface area (TPSA) is 89.3 Å². The monoisotopic (exact) mass is 485 g/mol. The summed E-state index contributed by atoms with van der Waals surface area (Å²) < 4.78 is 1.03. The number of nitriles is 1. The van der Waals surface area contributed by atoms with Crippen molar-refractivity contribution in [2.24, 2.45) is 0 Å². The first-order valence-electron chi connectivity index (χ1n) is 12.3. The molecule has 35 heavy (non-hydrogen) atoms. The van der Waals surface area contributed by atoms with Gasteiger partial charge in [-0.15, -0.1) is 11.3 Å². The van der Waals surface area contributed by atoms with Crippen LogP contribution in [0.4, 0.5) is 5.69 Å². The molecule has 2 aromatic heterocycles. The maximum absolute atomic E-state index is 12.3. The van der Waals surface area contributed by atoms with Crippen LogP contribution in [0.25, 0.3) is 21.3 Å². The predicted octanol–water partition coefficient (Wildman–Crippen LogP) is 4.16. The fourth-order valence-corrected chi connectivity index (χ4v) is 7.03. The van der Waals surface area contributed by atoms with Crippen LogP contribution in [0.15, 0.2) is 30.5 Å². The Bertz CT molecular complexity index is 1370. The Morgan fingerprint density at radius 3 is 2.74 bits per heavy atom. The number of likely N-dealkylation sites (tertiary alicyclic amines) is 1. The molecule has 2 amide bonds. The van der Waals surface area contributed by atoms with Crippen LogP contribution in [-0.2, 0) is 16.0 Å². The molecule has 8 heteroatoms. The Labute approximate surface area is 208 Å². The zero-order valence-corrected chi connectivity index (χ0v) is 20.5. The lowest BCUT2D eigenvalue weighted by atomic mass is 9.90. The van der Waals surface area contributed by atoms with Gasteiger partial charge in [-0.05, 0) is 62.6 Å². The lowest BCUT2D eigenvalue weighted by Gasteiger charge is -2.38. The summed E-state index contributed by atoms with van der Waals surface area (Å²) in [5.74, 6) is -0.213. The molecule has 0 saturated carbocycles. The largest absolute Gasteiger partial charge is 0.366 e. The van der Waals surface area contributed by atoms with E-state index in [2.05, 4.69) is 27.3 Å². The predicted molar refractivity (Wildman–Crippen MR) is 136 cm³/mol. The molecule has 2 saturated heterocycles. The van der Waals surface area contributed by atoms with Crippen molar-refractivity contribution in [3.05, 3.63) is 46.5 Å². The molecule has 2 fully saturated rings. The molecule has 6 rings (SSSR count). The maximum atomic E-state index is 12.3. The van der Waals surface area contributed by atoms with Crippen molar-refractivity contribution in [1.82, 2.24) is 15.2 Å². The highest BCUT2D eigenvalue weighted by Gasteiger charge is 2.35. The average molecular weight is 486 g/mol. The number of imide groups is 1. The van der Waals surface area contributed by atoms with Gasteiger partial charge in [0, 0.05) is 59.9 Å². The fourth-order valence-electron chi connectivity index (χ4n) is 5.84. The van der Waals surface area contributed by atoms with Crippen molar-refractivity contribution >= 4 is 39.1 Å². The number of rotatable bonds is 4.